The lowest BCUT2D eigenvalue weighted by atomic mass is 9.91. The second-order valence-corrected chi connectivity index (χ2v) is 4.42. The third-order valence-electron chi connectivity index (χ3n) is 3.15. The van der Waals surface area contributed by atoms with Crippen LogP contribution in [0.4, 0.5) is 0 Å². The van der Waals surface area contributed by atoms with Gasteiger partial charge in [0.05, 0.1) is 5.69 Å². The summed E-state index contributed by atoms with van der Waals surface area (Å²) >= 11 is 0. The Labute approximate surface area is 111 Å². The summed E-state index contributed by atoms with van der Waals surface area (Å²) in [5.41, 5.74) is 0.572. The van der Waals surface area contributed by atoms with E-state index in [0.29, 0.717) is 5.69 Å². The zero-order valence-electron chi connectivity index (χ0n) is 10.5. The number of nitrogens with zero attached hydrogens (tertiary/aromatic N) is 1. The molecule has 0 fully saturated rings. The molecule has 3 rings (SSSR count). The highest BCUT2D eigenvalue weighted by molar-refractivity contribution is 5.68. The van der Waals surface area contributed by atoms with Crippen molar-refractivity contribution in [2.45, 2.75) is 12.5 Å². The van der Waals surface area contributed by atoms with Crippen LogP contribution in [0.2, 0.25) is 0 Å². The highest BCUT2D eigenvalue weighted by atomic mass is 16.6. The van der Waals surface area contributed by atoms with Crippen molar-refractivity contribution in [2.24, 2.45) is 0 Å². The van der Waals surface area contributed by atoms with E-state index in [-0.39, 0.29) is 12.6 Å². The van der Waals surface area contributed by atoms with E-state index >= 15 is 0 Å². The molecule has 4 heteroatoms. The van der Waals surface area contributed by atoms with E-state index in [2.05, 4.69) is 4.98 Å². The molecule has 0 amide bonds. The van der Waals surface area contributed by atoms with E-state index < -0.39 is 5.60 Å². The van der Waals surface area contributed by atoms with Crippen LogP contribution in [0.15, 0.2) is 48.7 Å². The third-order valence-corrected chi connectivity index (χ3v) is 3.15. The maximum Gasteiger partial charge on any atom is 0.304 e. The molecule has 1 aromatic heterocycles. The molecule has 0 saturated heterocycles. The Bertz CT molecular complexity index is 612. The van der Waals surface area contributed by atoms with Gasteiger partial charge in [0.2, 0.25) is 5.60 Å². The predicted molar refractivity (Wildman–Crippen MR) is 68.7 cm³/mol. The van der Waals surface area contributed by atoms with Gasteiger partial charge in [-0.2, -0.15) is 0 Å². The Kier molecular flexibility index (Phi) is 2.71. The lowest BCUT2D eigenvalue weighted by Gasteiger charge is -2.26. The standard InChI is InChI=1S/C15H13NO3/c1-11(17)19-15(14-8-4-5-9-16-14)10-18-13-7-3-2-6-12(13)15/h2-9H,10H2,1H3/t15-/m1/s1. The highest BCUT2D eigenvalue weighted by Gasteiger charge is 2.46. The number of fused-ring (bicyclic) bond motifs is 1. The number of rotatable bonds is 2. The van der Waals surface area contributed by atoms with E-state index in [1.165, 1.54) is 6.92 Å². The van der Waals surface area contributed by atoms with Gasteiger partial charge in [0, 0.05) is 18.7 Å². The van der Waals surface area contributed by atoms with Crippen molar-refractivity contribution in [2.75, 3.05) is 6.61 Å². The number of ether oxygens (including phenoxy) is 2. The molecule has 96 valence electrons. The van der Waals surface area contributed by atoms with Gasteiger partial charge in [0.15, 0.2) is 0 Å². The van der Waals surface area contributed by atoms with E-state index in [4.69, 9.17) is 9.47 Å². The van der Waals surface area contributed by atoms with Gasteiger partial charge in [-0.1, -0.05) is 24.3 Å². The maximum absolute atomic E-state index is 11.5. The van der Waals surface area contributed by atoms with Crippen molar-refractivity contribution >= 4 is 5.97 Å². The smallest absolute Gasteiger partial charge is 0.304 e. The molecule has 2 heterocycles. The van der Waals surface area contributed by atoms with E-state index in [0.717, 1.165) is 11.3 Å². The molecule has 1 aliphatic rings. The number of pyridine rings is 1. The van der Waals surface area contributed by atoms with Crippen LogP contribution >= 0.6 is 0 Å². The fourth-order valence-electron chi connectivity index (χ4n) is 2.38. The summed E-state index contributed by atoms with van der Waals surface area (Å²) in [6.07, 6.45) is 1.68. The lowest BCUT2D eigenvalue weighted by molar-refractivity contribution is -0.155. The minimum absolute atomic E-state index is 0.253. The quantitative estimate of drug-likeness (QED) is 0.772. The summed E-state index contributed by atoms with van der Waals surface area (Å²) in [6.45, 7) is 1.65. The minimum Gasteiger partial charge on any atom is -0.488 e. The van der Waals surface area contributed by atoms with Crippen molar-refractivity contribution < 1.29 is 14.3 Å². The largest absolute Gasteiger partial charge is 0.488 e. The summed E-state index contributed by atoms with van der Waals surface area (Å²) in [7, 11) is 0. The number of para-hydroxylation sites is 1. The molecular formula is C15H13NO3. The molecular weight excluding hydrogens is 242 g/mol. The average molecular weight is 255 g/mol. The molecule has 2 aromatic rings. The van der Waals surface area contributed by atoms with Crippen molar-refractivity contribution in [3.05, 3.63) is 59.9 Å². The molecule has 0 unspecified atom stereocenters. The second kappa shape index (κ2) is 4.39. The molecule has 0 radical (unpaired) electrons. The van der Waals surface area contributed by atoms with Gasteiger partial charge in [-0.25, -0.2) is 0 Å². The molecule has 1 atom stereocenters. The van der Waals surface area contributed by atoms with Crippen molar-refractivity contribution in [3.8, 4) is 5.75 Å². The summed E-state index contributed by atoms with van der Waals surface area (Å²) in [6, 6.07) is 13.1. The van der Waals surface area contributed by atoms with Gasteiger partial charge in [0.25, 0.3) is 0 Å². The Morgan fingerprint density at radius 2 is 2.05 bits per heavy atom. The molecule has 19 heavy (non-hydrogen) atoms. The number of benzene rings is 1. The van der Waals surface area contributed by atoms with Crippen LogP contribution < -0.4 is 4.74 Å². The Balaban J connectivity index is 2.17. The first-order valence-corrected chi connectivity index (χ1v) is 6.06. The number of carbonyl (C=O) groups is 1. The van der Waals surface area contributed by atoms with Gasteiger partial charge >= 0.3 is 5.97 Å². The predicted octanol–water partition coefficient (Wildman–Crippen LogP) is 2.28. The normalized spacial score (nSPS) is 20.5. The Morgan fingerprint density at radius 1 is 1.26 bits per heavy atom. The molecule has 4 nitrogen and oxygen atoms in total. The first kappa shape index (κ1) is 11.7. The van der Waals surface area contributed by atoms with Crippen molar-refractivity contribution in [1.29, 1.82) is 0 Å². The Hall–Kier alpha value is -2.36. The first-order valence-electron chi connectivity index (χ1n) is 6.06. The van der Waals surface area contributed by atoms with Gasteiger partial charge < -0.3 is 9.47 Å². The van der Waals surface area contributed by atoms with Crippen molar-refractivity contribution in [3.63, 3.8) is 0 Å². The summed E-state index contributed by atoms with van der Waals surface area (Å²) in [5, 5.41) is 0. The summed E-state index contributed by atoms with van der Waals surface area (Å²) < 4.78 is 11.2. The Morgan fingerprint density at radius 3 is 2.79 bits per heavy atom. The first-order chi connectivity index (χ1) is 9.22. The monoisotopic (exact) mass is 255 g/mol. The summed E-state index contributed by atoms with van der Waals surface area (Å²) in [5.74, 6) is 0.375. The van der Waals surface area contributed by atoms with Gasteiger partial charge in [-0.15, -0.1) is 0 Å². The van der Waals surface area contributed by atoms with Crippen LogP contribution in [-0.2, 0) is 15.1 Å². The van der Waals surface area contributed by atoms with Crippen LogP contribution in [0.3, 0.4) is 0 Å². The van der Waals surface area contributed by atoms with E-state index in [1.807, 2.05) is 42.5 Å². The third kappa shape index (κ3) is 1.85. The molecule has 0 spiro atoms. The van der Waals surface area contributed by atoms with Crippen molar-refractivity contribution in [1.82, 2.24) is 4.98 Å². The average Bonchev–Trinajstić information content (AvgIpc) is 2.80. The lowest BCUT2D eigenvalue weighted by Crippen LogP contribution is -2.35. The van der Waals surface area contributed by atoms with Gasteiger partial charge in [0.1, 0.15) is 12.4 Å². The number of aromatic nitrogens is 1. The van der Waals surface area contributed by atoms with E-state index in [9.17, 15) is 4.79 Å². The highest BCUT2D eigenvalue weighted by Crippen LogP contribution is 2.43. The molecule has 0 bridgehead atoms. The number of hydrogen-bond donors (Lipinski definition) is 0. The SMILES string of the molecule is CC(=O)O[C@]1(c2ccccn2)COc2ccccc21. The summed E-state index contributed by atoms with van der Waals surface area (Å²) in [4.78, 5) is 15.8. The van der Waals surface area contributed by atoms with Crippen LogP contribution in [0.25, 0.3) is 0 Å². The number of esters is 1. The van der Waals surface area contributed by atoms with Crippen LogP contribution in [0, 0.1) is 0 Å². The zero-order valence-corrected chi connectivity index (χ0v) is 10.5. The fraction of sp³-hybridized carbons (Fsp3) is 0.200. The maximum atomic E-state index is 11.5. The topological polar surface area (TPSA) is 48.4 Å². The van der Waals surface area contributed by atoms with Crippen LogP contribution in [0.1, 0.15) is 18.2 Å². The molecule has 1 aliphatic heterocycles. The van der Waals surface area contributed by atoms with Crippen LogP contribution in [0.5, 0.6) is 5.75 Å². The number of hydrogen-bond acceptors (Lipinski definition) is 4. The fourth-order valence-corrected chi connectivity index (χ4v) is 2.38. The molecule has 0 saturated carbocycles. The van der Waals surface area contributed by atoms with Gasteiger partial charge in [-0.05, 0) is 18.2 Å². The van der Waals surface area contributed by atoms with Crippen LogP contribution in [-0.4, -0.2) is 17.6 Å². The number of carbonyl (C=O) groups excluding carboxylic acids is 1. The van der Waals surface area contributed by atoms with E-state index in [1.54, 1.807) is 6.20 Å². The van der Waals surface area contributed by atoms with Gasteiger partial charge in [-0.3, -0.25) is 9.78 Å². The molecule has 0 aliphatic carbocycles. The molecule has 0 N–H and O–H groups in total. The second-order valence-electron chi connectivity index (χ2n) is 4.42. The molecule has 1 aromatic carbocycles. The zero-order chi connectivity index (χ0) is 13.3. The minimum atomic E-state index is -0.941.